The number of nitrogens with one attached hydrogen (secondary N) is 2. The molecule has 1 amide bonds. The lowest BCUT2D eigenvalue weighted by Gasteiger charge is -2.14. The Kier molecular flexibility index (Phi) is 2.99. The van der Waals surface area contributed by atoms with E-state index in [1.807, 2.05) is 25.1 Å². The van der Waals surface area contributed by atoms with E-state index in [1.54, 1.807) is 0 Å². The van der Waals surface area contributed by atoms with Gasteiger partial charge < -0.3 is 16.4 Å². The zero-order valence-corrected chi connectivity index (χ0v) is 9.42. The second kappa shape index (κ2) is 4.43. The van der Waals surface area contributed by atoms with Crippen LogP contribution in [0.4, 0.5) is 11.4 Å². The van der Waals surface area contributed by atoms with E-state index in [2.05, 4.69) is 10.6 Å². The standard InChI is InChI=1S/C12H17N3O/c1-8-2-3-9(13)6-11(8)14-7-10-4-5-12(16)15-10/h2-3,6,10,14H,4-5,7,13H2,1H3,(H,15,16). The molecule has 0 bridgehead atoms. The Hall–Kier alpha value is -1.71. The maximum atomic E-state index is 11.0. The molecule has 1 saturated heterocycles. The lowest BCUT2D eigenvalue weighted by atomic mass is 10.1. The number of benzene rings is 1. The Morgan fingerprint density at radius 2 is 2.38 bits per heavy atom. The van der Waals surface area contributed by atoms with Crippen LogP contribution >= 0.6 is 0 Å². The largest absolute Gasteiger partial charge is 0.399 e. The fraction of sp³-hybridized carbons (Fsp3) is 0.417. The molecule has 0 aliphatic carbocycles. The van der Waals surface area contributed by atoms with Crippen molar-refractivity contribution in [3.05, 3.63) is 23.8 Å². The summed E-state index contributed by atoms with van der Waals surface area (Å²) in [4.78, 5) is 11.0. The molecule has 1 atom stereocenters. The van der Waals surface area contributed by atoms with E-state index >= 15 is 0 Å². The van der Waals surface area contributed by atoms with Gasteiger partial charge >= 0.3 is 0 Å². The van der Waals surface area contributed by atoms with E-state index in [-0.39, 0.29) is 11.9 Å². The van der Waals surface area contributed by atoms with E-state index in [1.165, 1.54) is 5.56 Å². The van der Waals surface area contributed by atoms with Gasteiger partial charge in [-0.05, 0) is 31.0 Å². The number of nitrogen functional groups attached to an aromatic ring is 1. The van der Waals surface area contributed by atoms with Crippen LogP contribution in [0.15, 0.2) is 18.2 Å². The Morgan fingerprint density at radius 1 is 1.56 bits per heavy atom. The third-order valence-corrected chi connectivity index (χ3v) is 2.89. The molecule has 2 rings (SSSR count). The average Bonchev–Trinajstić information content (AvgIpc) is 2.66. The van der Waals surface area contributed by atoms with Crippen LogP contribution in [0.1, 0.15) is 18.4 Å². The second-order valence-electron chi connectivity index (χ2n) is 4.26. The van der Waals surface area contributed by atoms with Crippen molar-refractivity contribution in [1.82, 2.24) is 5.32 Å². The predicted molar refractivity (Wildman–Crippen MR) is 65.2 cm³/mol. The number of aryl methyl sites for hydroxylation is 1. The second-order valence-corrected chi connectivity index (χ2v) is 4.26. The zero-order chi connectivity index (χ0) is 11.5. The minimum absolute atomic E-state index is 0.149. The van der Waals surface area contributed by atoms with Crippen molar-refractivity contribution in [3.8, 4) is 0 Å². The van der Waals surface area contributed by atoms with E-state index in [4.69, 9.17) is 5.73 Å². The molecule has 1 aliphatic rings. The summed E-state index contributed by atoms with van der Waals surface area (Å²) in [7, 11) is 0. The lowest BCUT2D eigenvalue weighted by molar-refractivity contribution is -0.119. The monoisotopic (exact) mass is 219 g/mol. The molecule has 1 aliphatic heterocycles. The first-order valence-corrected chi connectivity index (χ1v) is 5.54. The first-order valence-electron chi connectivity index (χ1n) is 5.54. The van der Waals surface area contributed by atoms with Crippen LogP contribution in [-0.4, -0.2) is 18.5 Å². The molecule has 4 heteroatoms. The van der Waals surface area contributed by atoms with Gasteiger partial charge in [-0.3, -0.25) is 4.79 Å². The molecule has 86 valence electrons. The Balaban J connectivity index is 1.94. The summed E-state index contributed by atoms with van der Waals surface area (Å²) < 4.78 is 0. The fourth-order valence-electron chi connectivity index (χ4n) is 1.89. The van der Waals surface area contributed by atoms with E-state index in [9.17, 15) is 4.79 Å². The highest BCUT2D eigenvalue weighted by atomic mass is 16.1. The van der Waals surface area contributed by atoms with Gasteiger partial charge in [0.2, 0.25) is 5.91 Å². The van der Waals surface area contributed by atoms with E-state index in [0.29, 0.717) is 6.42 Å². The minimum Gasteiger partial charge on any atom is -0.399 e. The van der Waals surface area contributed by atoms with Crippen molar-refractivity contribution < 1.29 is 4.79 Å². The molecule has 16 heavy (non-hydrogen) atoms. The Morgan fingerprint density at radius 3 is 3.06 bits per heavy atom. The van der Waals surface area contributed by atoms with E-state index in [0.717, 1.165) is 24.3 Å². The van der Waals surface area contributed by atoms with Crippen LogP contribution in [0.25, 0.3) is 0 Å². The summed E-state index contributed by atoms with van der Waals surface area (Å²) in [5.74, 6) is 0.149. The molecule has 4 N–H and O–H groups in total. The molecule has 1 fully saturated rings. The van der Waals surface area contributed by atoms with Crippen molar-refractivity contribution in [3.63, 3.8) is 0 Å². The molecule has 4 nitrogen and oxygen atoms in total. The zero-order valence-electron chi connectivity index (χ0n) is 9.42. The number of carbonyl (C=O) groups excluding carboxylic acids is 1. The van der Waals surface area contributed by atoms with Gasteiger partial charge in [0.15, 0.2) is 0 Å². The molecule has 0 spiro atoms. The first-order chi connectivity index (χ1) is 7.65. The Bertz CT molecular complexity index is 403. The van der Waals surface area contributed by atoms with Gasteiger partial charge in [-0.1, -0.05) is 6.07 Å². The van der Waals surface area contributed by atoms with Crippen LogP contribution in [0.3, 0.4) is 0 Å². The van der Waals surface area contributed by atoms with Crippen LogP contribution in [0, 0.1) is 6.92 Å². The quantitative estimate of drug-likeness (QED) is 0.671. The van der Waals surface area contributed by atoms with Gasteiger partial charge in [0.25, 0.3) is 0 Å². The summed E-state index contributed by atoms with van der Waals surface area (Å²) >= 11 is 0. The van der Waals surface area contributed by atoms with Gasteiger partial charge in [-0.15, -0.1) is 0 Å². The van der Waals surface area contributed by atoms with Crippen LogP contribution in [0.2, 0.25) is 0 Å². The van der Waals surface area contributed by atoms with Gasteiger partial charge in [-0.25, -0.2) is 0 Å². The number of carbonyl (C=O) groups is 1. The molecular weight excluding hydrogens is 202 g/mol. The van der Waals surface area contributed by atoms with Crippen LogP contribution < -0.4 is 16.4 Å². The number of anilines is 2. The molecule has 1 aromatic carbocycles. The van der Waals surface area contributed by atoms with Crippen LogP contribution in [0.5, 0.6) is 0 Å². The summed E-state index contributed by atoms with van der Waals surface area (Å²) in [5, 5.41) is 6.25. The molecule has 1 aromatic rings. The molecular formula is C12H17N3O. The van der Waals surface area contributed by atoms with Crippen molar-refractivity contribution in [2.24, 2.45) is 0 Å². The number of rotatable bonds is 3. The van der Waals surface area contributed by atoms with Crippen molar-refractivity contribution in [2.45, 2.75) is 25.8 Å². The van der Waals surface area contributed by atoms with Crippen molar-refractivity contribution >= 4 is 17.3 Å². The van der Waals surface area contributed by atoms with Crippen LogP contribution in [-0.2, 0) is 4.79 Å². The number of hydrogen-bond donors (Lipinski definition) is 3. The molecule has 0 aromatic heterocycles. The number of amides is 1. The predicted octanol–water partition coefficient (Wildman–Crippen LogP) is 1.27. The fourth-order valence-corrected chi connectivity index (χ4v) is 1.89. The maximum Gasteiger partial charge on any atom is 0.220 e. The summed E-state index contributed by atoms with van der Waals surface area (Å²) in [6.07, 6.45) is 1.55. The summed E-state index contributed by atoms with van der Waals surface area (Å²) in [6, 6.07) is 6.04. The first kappa shape index (κ1) is 10.8. The average molecular weight is 219 g/mol. The smallest absolute Gasteiger partial charge is 0.220 e. The molecule has 1 unspecified atom stereocenters. The summed E-state index contributed by atoms with van der Waals surface area (Å²) in [6.45, 7) is 2.80. The minimum atomic E-state index is 0.149. The van der Waals surface area contributed by atoms with Crippen molar-refractivity contribution in [2.75, 3.05) is 17.6 Å². The van der Waals surface area contributed by atoms with Crippen molar-refractivity contribution in [1.29, 1.82) is 0 Å². The third kappa shape index (κ3) is 2.45. The maximum absolute atomic E-state index is 11.0. The number of nitrogens with two attached hydrogens (primary N) is 1. The topological polar surface area (TPSA) is 67.1 Å². The molecule has 0 saturated carbocycles. The highest BCUT2D eigenvalue weighted by molar-refractivity contribution is 5.78. The highest BCUT2D eigenvalue weighted by Crippen LogP contribution is 2.18. The van der Waals surface area contributed by atoms with Gasteiger partial charge in [0.1, 0.15) is 0 Å². The van der Waals surface area contributed by atoms with E-state index < -0.39 is 0 Å². The molecule has 0 radical (unpaired) electrons. The normalized spacial score (nSPS) is 19.6. The van der Waals surface area contributed by atoms with Gasteiger partial charge in [-0.2, -0.15) is 0 Å². The lowest BCUT2D eigenvalue weighted by Crippen LogP contribution is -2.31. The van der Waals surface area contributed by atoms with Gasteiger partial charge in [0, 0.05) is 30.4 Å². The number of hydrogen-bond acceptors (Lipinski definition) is 3. The molecule has 1 heterocycles. The van der Waals surface area contributed by atoms with Gasteiger partial charge in [0.05, 0.1) is 0 Å². The third-order valence-electron chi connectivity index (χ3n) is 2.89. The summed E-state index contributed by atoms with van der Waals surface area (Å²) in [5.41, 5.74) is 8.68. The Labute approximate surface area is 95.2 Å². The SMILES string of the molecule is Cc1ccc(N)cc1NCC1CCC(=O)N1. The highest BCUT2D eigenvalue weighted by Gasteiger charge is 2.20.